The highest BCUT2D eigenvalue weighted by molar-refractivity contribution is 6.09. The maximum Gasteiger partial charge on any atom is 0.322 e. The Hall–Kier alpha value is -3.42. The Labute approximate surface area is 169 Å². The molecule has 0 saturated carbocycles. The van der Waals surface area contributed by atoms with Gasteiger partial charge in [-0.05, 0) is 37.1 Å². The molecule has 1 aliphatic heterocycles. The van der Waals surface area contributed by atoms with Gasteiger partial charge in [0, 0.05) is 19.2 Å². The Balaban J connectivity index is 1.31. The summed E-state index contributed by atoms with van der Waals surface area (Å²) in [5, 5.41) is 8.45. The van der Waals surface area contributed by atoms with Crippen LogP contribution in [0.2, 0.25) is 0 Å². The fraction of sp³-hybridized carbons (Fsp3) is 0.333. The van der Waals surface area contributed by atoms with Crippen molar-refractivity contribution in [2.24, 2.45) is 0 Å². The lowest BCUT2D eigenvalue weighted by molar-refractivity contribution is -0.121. The molecule has 3 rings (SSSR count). The average molecular weight is 395 g/mol. The molecule has 2 aromatic rings. The van der Waals surface area contributed by atoms with Crippen LogP contribution in [-0.4, -0.2) is 35.9 Å². The molecule has 0 bridgehead atoms. The van der Waals surface area contributed by atoms with Crippen LogP contribution in [0.1, 0.15) is 31.4 Å². The van der Waals surface area contributed by atoms with Crippen molar-refractivity contribution in [2.45, 2.75) is 32.2 Å². The first-order valence-corrected chi connectivity index (χ1v) is 9.74. The number of para-hydroxylation sites is 2. The highest BCUT2D eigenvalue weighted by Crippen LogP contribution is 2.28. The van der Waals surface area contributed by atoms with Crippen molar-refractivity contribution in [1.29, 1.82) is 0 Å². The molecule has 0 aliphatic carbocycles. The summed E-state index contributed by atoms with van der Waals surface area (Å²) in [5.74, 6) is -0.216. The lowest BCUT2D eigenvalue weighted by Gasteiger charge is -2.29. The van der Waals surface area contributed by atoms with Crippen LogP contribution in [0.3, 0.4) is 0 Å². The van der Waals surface area contributed by atoms with Crippen molar-refractivity contribution in [3.05, 3.63) is 54.4 Å². The standard InChI is InChI=1S/C21H25N5O3/c27-19(24-14-16-8-5-7-12-22-16)11-2-1-6-13-23-21(29)26-15-20(28)25-17-9-3-4-10-18(17)26/h3-5,7-10,12H,1-2,6,11,13-15H2,(H,23,29)(H,24,27)(H,25,28). The molecule has 1 aromatic carbocycles. The second-order valence-electron chi connectivity index (χ2n) is 6.79. The molecule has 1 aromatic heterocycles. The number of hydrogen-bond acceptors (Lipinski definition) is 4. The third-order valence-corrected chi connectivity index (χ3v) is 4.57. The van der Waals surface area contributed by atoms with E-state index in [4.69, 9.17) is 0 Å². The van der Waals surface area contributed by atoms with Crippen LogP contribution in [0, 0.1) is 0 Å². The van der Waals surface area contributed by atoms with Crippen LogP contribution in [0.15, 0.2) is 48.7 Å². The minimum atomic E-state index is -0.291. The summed E-state index contributed by atoms with van der Waals surface area (Å²) in [6, 6.07) is 12.5. The van der Waals surface area contributed by atoms with E-state index in [9.17, 15) is 14.4 Å². The summed E-state index contributed by atoms with van der Waals surface area (Å²) in [6.45, 7) is 0.925. The molecule has 0 radical (unpaired) electrons. The number of carbonyl (C=O) groups is 3. The molecule has 3 N–H and O–H groups in total. The van der Waals surface area contributed by atoms with Gasteiger partial charge in [-0.25, -0.2) is 4.79 Å². The first-order chi connectivity index (χ1) is 14.1. The number of unbranched alkanes of at least 4 members (excludes halogenated alkanes) is 2. The average Bonchev–Trinajstić information content (AvgIpc) is 2.74. The molecule has 0 spiro atoms. The predicted octanol–water partition coefficient (Wildman–Crippen LogP) is 2.43. The molecule has 0 saturated heterocycles. The summed E-state index contributed by atoms with van der Waals surface area (Å²) >= 11 is 0. The van der Waals surface area contributed by atoms with Gasteiger partial charge in [0.05, 0.1) is 23.6 Å². The molecule has 1 aliphatic rings. The van der Waals surface area contributed by atoms with E-state index in [1.165, 1.54) is 4.90 Å². The number of nitrogens with one attached hydrogen (secondary N) is 3. The van der Waals surface area contributed by atoms with Gasteiger partial charge < -0.3 is 16.0 Å². The predicted molar refractivity (Wildman–Crippen MR) is 110 cm³/mol. The normalized spacial score (nSPS) is 12.7. The zero-order chi connectivity index (χ0) is 20.5. The van der Waals surface area contributed by atoms with E-state index in [2.05, 4.69) is 20.9 Å². The number of nitrogens with zero attached hydrogens (tertiary/aromatic N) is 2. The summed E-state index contributed by atoms with van der Waals surface area (Å²) in [6.07, 6.45) is 4.49. The Kier molecular flexibility index (Phi) is 7.16. The van der Waals surface area contributed by atoms with Crippen molar-refractivity contribution in [1.82, 2.24) is 15.6 Å². The van der Waals surface area contributed by atoms with E-state index in [-0.39, 0.29) is 24.4 Å². The van der Waals surface area contributed by atoms with Crippen LogP contribution in [0.4, 0.5) is 16.2 Å². The van der Waals surface area contributed by atoms with Crippen molar-refractivity contribution >= 4 is 29.2 Å². The summed E-state index contributed by atoms with van der Waals surface area (Å²) in [4.78, 5) is 41.7. The third kappa shape index (κ3) is 6.03. The number of anilines is 2. The maximum atomic E-state index is 12.4. The first-order valence-electron chi connectivity index (χ1n) is 9.74. The maximum absolute atomic E-state index is 12.4. The molecular formula is C21H25N5O3. The van der Waals surface area contributed by atoms with Crippen LogP contribution >= 0.6 is 0 Å². The van der Waals surface area contributed by atoms with E-state index >= 15 is 0 Å². The smallest absolute Gasteiger partial charge is 0.322 e. The van der Waals surface area contributed by atoms with E-state index in [0.717, 1.165) is 25.0 Å². The van der Waals surface area contributed by atoms with Gasteiger partial charge >= 0.3 is 6.03 Å². The van der Waals surface area contributed by atoms with E-state index < -0.39 is 0 Å². The number of amides is 4. The van der Waals surface area contributed by atoms with E-state index in [1.807, 2.05) is 30.3 Å². The minimum Gasteiger partial charge on any atom is -0.350 e. The number of aromatic nitrogens is 1. The van der Waals surface area contributed by atoms with Crippen LogP contribution in [-0.2, 0) is 16.1 Å². The molecule has 0 atom stereocenters. The molecule has 4 amide bonds. The second kappa shape index (κ2) is 10.2. The Morgan fingerprint density at radius 3 is 2.69 bits per heavy atom. The van der Waals surface area contributed by atoms with Crippen LogP contribution in [0.25, 0.3) is 0 Å². The van der Waals surface area contributed by atoms with Gasteiger partial charge in [0.25, 0.3) is 0 Å². The Bertz CT molecular complexity index is 856. The molecule has 2 heterocycles. The zero-order valence-corrected chi connectivity index (χ0v) is 16.2. The minimum absolute atomic E-state index is 0.000705. The van der Waals surface area contributed by atoms with Crippen LogP contribution in [0.5, 0.6) is 0 Å². The van der Waals surface area contributed by atoms with Gasteiger partial charge in [-0.15, -0.1) is 0 Å². The fourth-order valence-electron chi connectivity index (χ4n) is 3.07. The number of rotatable bonds is 8. The second-order valence-corrected chi connectivity index (χ2v) is 6.79. The first kappa shape index (κ1) is 20.3. The number of carbonyl (C=O) groups excluding carboxylic acids is 3. The number of pyridine rings is 1. The van der Waals surface area contributed by atoms with Crippen molar-refractivity contribution in [3.8, 4) is 0 Å². The van der Waals surface area contributed by atoms with Crippen LogP contribution < -0.4 is 20.9 Å². The van der Waals surface area contributed by atoms with Gasteiger partial charge in [-0.3, -0.25) is 19.5 Å². The molecule has 8 nitrogen and oxygen atoms in total. The van der Waals surface area contributed by atoms with Gasteiger partial charge in [-0.2, -0.15) is 0 Å². The number of hydrogen-bond donors (Lipinski definition) is 3. The number of urea groups is 1. The SMILES string of the molecule is O=C(CCCCCNC(=O)N1CC(=O)Nc2ccccc21)NCc1ccccn1. The Morgan fingerprint density at radius 2 is 1.86 bits per heavy atom. The Morgan fingerprint density at radius 1 is 1.03 bits per heavy atom. The molecule has 152 valence electrons. The topological polar surface area (TPSA) is 103 Å². The lowest BCUT2D eigenvalue weighted by atomic mass is 10.2. The van der Waals surface area contributed by atoms with Gasteiger partial charge in [-0.1, -0.05) is 24.6 Å². The summed E-state index contributed by atoms with van der Waals surface area (Å²) in [5.41, 5.74) is 2.15. The van der Waals surface area contributed by atoms with Crippen molar-refractivity contribution < 1.29 is 14.4 Å². The van der Waals surface area contributed by atoms with Gasteiger partial charge in [0.1, 0.15) is 6.54 Å². The monoisotopic (exact) mass is 395 g/mol. The summed E-state index contributed by atoms with van der Waals surface area (Å²) in [7, 11) is 0. The van der Waals surface area contributed by atoms with Crippen molar-refractivity contribution in [3.63, 3.8) is 0 Å². The quantitative estimate of drug-likeness (QED) is 0.597. The molecule has 29 heavy (non-hydrogen) atoms. The number of fused-ring (bicyclic) bond motifs is 1. The lowest BCUT2D eigenvalue weighted by Crippen LogP contribution is -2.47. The van der Waals surface area contributed by atoms with Crippen molar-refractivity contribution in [2.75, 3.05) is 23.3 Å². The largest absolute Gasteiger partial charge is 0.350 e. The number of benzene rings is 1. The third-order valence-electron chi connectivity index (χ3n) is 4.57. The fourth-order valence-corrected chi connectivity index (χ4v) is 3.07. The van der Waals surface area contributed by atoms with E-state index in [0.29, 0.717) is 30.9 Å². The van der Waals surface area contributed by atoms with Gasteiger partial charge in [0.15, 0.2) is 0 Å². The highest BCUT2D eigenvalue weighted by Gasteiger charge is 2.26. The molecular weight excluding hydrogens is 370 g/mol. The van der Waals surface area contributed by atoms with E-state index in [1.54, 1.807) is 18.3 Å². The molecule has 8 heteroatoms. The molecule has 0 fully saturated rings. The summed E-state index contributed by atoms with van der Waals surface area (Å²) < 4.78 is 0. The zero-order valence-electron chi connectivity index (χ0n) is 16.2. The molecule has 0 unspecified atom stereocenters. The highest BCUT2D eigenvalue weighted by atomic mass is 16.2. The van der Waals surface area contributed by atoms with Gasteiger partial charge in [0.2, 0.25) is 11.8 Å².